The van der Waals surface area contributed by atoms with E-state index in [0.717, 1.165) is 17.5 Å². The third-order valence-corrected chi connectivity index (χ3v) is 3.46. The van der Waals surface area contributed by atoms with Gasteiger partial charge in [-0.3, -0.25) is 4.40 Å². The fourth-order valence-electron chi connectivity index (χ4n) is 2.32. The first-order valence-electron chi connectivity index (χ1n) is 7.29. The van der Waals surface area contributed by atoms with E-state index in [1.165, 1.54) is 24.4 Å². The minimum atomic E-state index is -4.56. The van der Waals surface area contributed by atoms with Crippen LogP contribution in [0.3, 0.4) is 0 Å². The highest BCUT2D eigenvalue weighted by atomic mass is 19.4. The van der Waals surface area contributed by atoms with E-state index in [-0.39, 0.29) is 5.75 Å². The zero-order valence-electron chi connectivity index (χ0n) is 13.0. The smallest absolute Gasteiger partial charge is 0.450 e. The fourth-order valence-corrected chi connectivity index (χ4v) is 2.32. The molecule has 132 valence electrons. The largest absolute Gasteiger partial charge is 0.487 e. The standard InChI is InChI=1S/C17H13F5N2O/c1-16(18,19)10-25-14-6-3-11(4-7-14)12-2-5-13-8-23-15(17(20,21)22)24(13)9-12/h2-9H,10H2,1H3. The van der Waals surface area contributed by atoms with Crippen LogP contribution in [-0.2, 0) is 6.18 Å². The van der Waals surface area contributed by atoms with Gasteiger partial charge in [-0.1, -0.05) is 18.2 Å². The van der Waals surface area contributed by atoms with Crippen LogP contribution in [0, 0.1) is 0 Å². The normalized spacial score (nSPS) is 12.6. The molecule has 3 rings (SSSR count). The van der Waals surface area contributed by atoms with Gasteiger partial charge >= 0.3 is 6.18 Å². The van der Waals surface area contributed by atoms with Crippen molar-refractivity contribution in [1.82, 2.24) is 9.38 Å². The molecule has 0 spiro atoms. The Morgan fingerprint density at radius 1 is 0.960 bits per heavy atom. The third-order valence-electron chi connectivity index (χ3n) is 3.46. The molecule has 0 fully saturated rings. The maximum atomic E-state index is 13.0. The average Bonchev–Trinajstić information content (AvgIpc) is 2.96. The predicted molar refractivity (Wildman–Crippen MR) is 81.7 cm³/mol. The maximum Gasteiger partial charge on any atom is 0.450 e. The lowest BCUT2D eigenvalue weighted by atomic mass is 10.1. The number of benzene rings is 1. The van der Waals surface area contributed by atoms with Gasteiger partial charge in [0.1, 0.15) is 5.75 Å². The second-order valence-corrected chi connectivity index (χ2v) is 5.68. The first-order valence-corrected chi connectivity index (χ1v) is 7.29. The second kappa shape index (κ2) is 6.02. The number of imidazole rings is 1. The van der Waals surface area contributed by atoms with Crippen LogP contribution in [0.15, 0.2) is 48.8 Å². The number of pyridine rings is 1. The molecule has 25 heavy (non-hydrogen) atoms. The highest BCUT2D eigenvalue weighted by molar-refractivity contribution is 5.66. The Bertz CT molecular complexity index is 879. The Morgan fingerprint density at radius 3 is 2.20 bits per heavy atom. The highest BCUT2D eigenvalue weighted by Crippen LogP contribution is 2.30. The molecule has 0 N–H and O–H groups in total. The number of alkyl halides is 5. The Hall–Kier alpha value is -2.64. The van der Waals surface area contributed by atoms with Crippen molar-refractivity contribution in [2.75, 3.05) is 6.61 Å². The van der Waals surface area contributed by atoms with Gasteiger partial charge in [0.25, 0.3) is 5.92 Å². The van der Waals surface area contributed by atoms with Gasteiger partial charge in [0.05, 0.1) is 11.7 Å². The van der Waals surface area contributed by atoms with Crippen molar-refractivity contribution in [3.63, 3.8) is 0 Å². The molecule has 0 saturated heterocycles. The number of rotatable bonds is 4. The lowest BCUT2D eigenvalue weighted by Crippen LogP contribution is -2.20. The molecule has 2 heterocycles. The van der Waals surface area contributed by atoms with Crippen LogP contribution in [0.2, 0.25) is 0 Å². The molecular formula is C17H13F5N2O. The second-order valence-electron chi connectivity index (χ2n) is 5.68. The number of nitrogens with zero attached hydrogens (tertiary/aromatic N) is 2. The van der Waals surface area contributed by atoms with E-state index in [1.54, 1.807) is 18.2 Å². The van der Waals surface area contributed by atoms with Crippen LogP contribution < -0.4 is 4.74 Å². The number of ether oxygens (including phenoxy) is 1. The minimum absolute atomic E-state index is 0.255. The number of halogens is 5. The van der Waals surface area contributed by atoms with Crippen molar-refractivity contribution >= 4 is 5.52 Å². The van der Waals surface area contributed by atoms with Crippen LogP contribution in [-0.4, -0.2) is 21.9 Å². The van der Waals surface area contributed by atoms with Gasteiger partial charge in [-0.05, 0) is 29.3 Å². The van der Waals surface area contributed by atoms with Crippen LogP contribution in [0.1, 0.15) is 12.7 Å². The monoisotopic (exact) mass is 356 g/mol. The van der Waals surface area contributed by atoms with E-state index in [1.807, 2.05) is 0 Å². The van der Waals surface area contributed by atoms with Crippen LogP contribution in [0.4, 0.5) is 22.0 Å². The molecule has 3 nitrogen and oxygen atoms in total. The molecule has 0 aliphatic rings. The summed E-state index contributed by atoms with van der Waals surface area (Å²) in [4.78, 5) is 3.41. The Morgan fingerprint density at radius 2 is 1.60 bits per heavy atom. The summed E-state index contributed by atoms with van der Waals surface area (Å²) in [5.74, 6) is -3.70. The zero-order chi connectivity index (χ0) is 18.2. The summed E-state index contributed by atoms with van der Waals surface area (Å²) in [6, 6.07) is 9.35. The Labute approximate surface area is 139 Å². The summed E-state index contributed by atoms with van der Waals surface area (Å²) in [6.45, 7) is 0.00221. The number of aromatic nitrogens is 2. The Kier molecular flexibility index (Phi) is 4.14. The molecule has 0 aliphatic carbocycles. The summed E-state index contributed by atoms with van der Waals surface area (Å²) in [6.07, 6.45) is -2.08. The van der Waals surface area contributed by atoms with Crippen LogP contribution in [0.25, 0.3) is 16.6 Å². The topological polar surface area (TPSA) is 26.5 Å². The summed E-state index contributed by atoms with van der Waals surface area (Å²) in [7, 11) is 0. The van der Waals surface area contributed by atoms with Gasteiger partial charge in [-0.2, -0.15) is 13.2 Å². The molecule has 0 bridgehead atoms. The van der Waals surface area contributed by atoms with Crippen molar-refractivity contribution in [2.24, 2.45) is 0 Å². The molecule has 1 aromatic carbocycles. The van der Waals surface area contributed by atoms with Crippen LogP contribution in [0.5, 0.6) is 5.75 Å². The van der Waals surface area contributed by atoms with E-state index < -0.39 is 24.5 Å². The van der Waals surface area contributed by atoms with E-state index in [2.05, 4.69) is 4.98 Å². The van der Waals surface area contributed by atoms with Crippen molar-refractivity contribution in [3.05, 3.63) is 54.6 Å². The van der Waals surface area contributed by atoms with Crippen molar-refractivity contribution in [2.45, 2.75) is 19.0 Å². The molecule has 0 atom stereocenters. The number of hydrogen-bond donors (Lipinski definition) is 0. The maximum absolute atomic E-state index is 13.0. The lowest BCUT2D eigenvalue weighted by molar-refractivity contribution is -0.145. The first-order chi connectivity index (χ1) is 11.6. The SMILES string of the molecule is CC(F)(F)COc1ccc(-c2ccc3cnc(C(F)(F)F)n3c2)cc1. The number of hydrogen-bond acceptors (Lipinski definition) is 2. The van der Waals surface area contributed by atoms with Gasteiger partial charge in [0.2, 0.25) is 5.82 Å². The molecule has 0 saturated carbocycles. The molecule has 2 aromatic heterocycles. The van der Waals surface area contributed by atoms with Gasteiger partial charge in [-0.25, -0.2) is 13.8 Å². The average molecular weight is 356 g/mol. The van der Waals surface area contributed by atoms with E-state index in [4.69, 9.17) is 4.74 Å². The van der Waals surface area contributed by atoms with E-state index >= 15 is 0 Å². The van der Waals surface area contributed by atoms with E-state index in [0.29, 0.717) is 16.6 Å². The minimum Gasteiger partial charge on any atom is -0.487 e. The molecule has 8 heteroatoms. The van der Waals surface area contributed by atoms with Gasteiger partial charge in [-0.15, -0.1) is 0 Å². The fraction of sp³-hybridized carbons (Fsp3) is 0.235. The van der Waals surface area contributed by atoms with Crippen molar-refractivity contribution < 1.29 is 26.7 Å². The van der Waals surface area contributed by atoms with Gasteiger partial charge in [0, 0.05) is 13.1 Å². The summed E-state index contributed by atoms with van der Waals surface area (Å²) in [5, 5.41) is 0. The van der Waals surface area contributed by atoms with Crippen LogP contribution >= 0.6 is 0 Å². The predicted octanol–water partition coefficient (Wildman–Crippen LogP) is 5.05. The lowest BCUT2D eigenvalue weighted by Gasteiger charge is -2.12. The third kappa shape index (κ3) is 3.89. The van der Waals surface area contributed by atoms with Gasteiger partial charge in [0.15, 0.2) is 6.61 Å². The molecule has 0 radical (unpaired) electrons. The zero-order valence-corrected chi connectivity index (χ0v) is 13.0. The quantitative estimate of drug-likeness (QED) is 0.611. The molecular weight excluding hydrogens is 343 g/mol. The van der Waals surface area contributed by atoms with Crippen molar-refractivity contribution in [1.29, 1.82) is 0 Å². The summed E-state index contributed by atoms with van der Waals surface area (Å²) in [5.41, 5.74) is 1.48. The first kappa shape index (κ1) is 17.2. The van der Waals surface area contributed by atoms with Crippen molar-refractivity contribution in [3.8, 4) is 16.9 Å². The summed E-state index contributed by atoms with van der Waals surface area (Å²) >= 11 is 0. The molecule has 0 aliphatic heterocycles. The Balaban J connectivity index is 1.89. The molecule has 0 amide bonds. The number of fused-ring (bicyclic) bond motifs is 1. The van der Waals surface area contributed by atoms with Gasteiger partial charge < -0.3 is 4.74 Å². The summed E-state index contributed by atoms with van der Waals surface area (Å²) < 4.78 is 70.4. The van der Waals surface area contributed by atoms with E-state index in [9.17, 15) is 22.0 Å². The molecule has 0 unspecified atom stereocenters. The highest BCUT2D eigenvalue weighted by Gasteiger charge is 2.35. The molecule has 3 aromatic rings.